The maximum Gasteiger partial charge on any atom is 0.348 e. The number of carbonyl (C=O) groups is 1. The number of thiophene rings is 1. The van der Waals surface area contributed by atoms with Crippen LogP contribution in [0.25, 0.3) is 0 Å². The lowest BCUT2D eigenvalue weighted by Crippen LogP contribution is -2.25. The van der Waals surface area contributed by atoms with Crippen molar-refractivity contribution in [1.82, 2.24) is 19.7 Å². The SMILES string of the molecule is COC(=O)c1ccc(CN2CCC[C@@H]2c2nncn2CC(C)C)s1. The molecule has 1 aliphatic rings. The van der Waals surface area contributed by atoms with E-state index in [2.05, 4.69) is 33.5 Å². The third-order valence-corrected chi connectivity index (χ3v) is 5.33. The van der Waals surface area contributed by atoms with Gasteiger partial charge in [0, 0.05) is 18.0 Å². The minimum Gasteiger partial charge on any atom is -0.465 e. The Hall–Kier alpha value is -1.73. The first-order chi connectivity index (χ1) is 11.6. The van der Waals surface area contributed by atoms with Crippen LogP contribution in [0.15, 0.2) is 18.5 Å². The second-order valence-electron chi connectivity index (χ2n) is 6.62. The fourth-order valence-corrected chi connectivity index (χ4v) is 4.19. The van der Waals surface area contributed by atoms with Gasteiger partial charge >= 0.3 is 5.97 Å². The maximum atomic E-state index is 11.6. The fourth-order valence-electron chi connectivity index (χ4n) is 3.24. The Morgan fingerprint density at radius 2 is 2.29 bits per heavy atom. The summed E-state index contributed by atoms with van der Waals surface area (Å²) in [6, 6.07) is 4.17. The van der Waals surface area contributed by atoms with E-state index in [4.69, 9.17) is 4.74 Å². The summed E-state index contributed by atoms with van der Waals surface area (Å²) in [6.07, 6.45) is 4.10. The van der Waals surface area contributed by atoms with E-state index >= 15 is 0 Å². The van der Waals surface area contributed by atoms with Gasteiger partial charge in [0.05, 0.1) is 13.2 Å². The molecule has 2 aromatic heterocycles. The van der Waals surface area contributed by atoms with Gasteiger partial charge in [-0.3, -0.25) is 4.90 Å². The Balaban J connectivity index is 1.73. The molecular weight excluding hydrogens is 324 g/mol. The third kappa shape index (κ3) is 3.67. The van der Waals surface area contributed by atoms with E-state index in [1.807, 2.05) is 18.5 Å². The molecule has 0 amide bonds. The molecule has 1 fully saturated rings. The molecule has 0 radical (unpaired) electrons. The Kier molecular flexibility index (Phi) is 5.30. The smallest absolute Gasteiger partial charge is 0.348 e. The zero-order valence-electron chi connectivity index (χ0n) is 14.4. The largest absolute Gasteiger partial charge is 0.465 e. The normalized spacial score (nSPS) is 18.4. The van der Waals surface area contributed by atoms with Crippen LogP contribution < -0.4 is 0 Å². The van der Waals surface area contributed by atoms with E-state index in [0.29, 0.717) is 16.8 Å². The molecule has 2 aromatic rings. The van der Waals surface area contributed by atoms with Gasteiger partial charge in [-0.25, -0.2) is 4.79 Å². The number of hydrogen-bond donors (Lipinski definition) is 0. The highest BCUT2D eigenvalue weighted by atomic mass is 32.1. The Bertz CT molecular complexity index is 694. The summed E-state index contributed by atoms with van der Waals surface area (Å²) in [5.41, 5.74) is 0. The van der Waals surface area contributed by atoms with Crippen molar-refractivity contribution < 1.29 is 9.53 Å². The topological polar surface area (TPSA) is 60.2 Å². The van der Waals surface area contributed by atoms with Crippen LogP contribution in [0.4, 0.5) is 0 Å². The summed E-state index contributed by atoms with van der Waals surface area (Å²) >= 11 is 1.51. The molecule has 1 atom stereocenters. The van der Waals surface area contributed by atoms with Gasteiger partial charge in [-0.1, -0.05) is 13.8 Å². The van der Waals surface area contributed by atoms with Crippen molar-refractivity contribution in [2.75, 3.05) is 13.7 Å². The van der Waals surface area contributed by atoms with Gasteiger partial charge in [-0.05, 0) is 37.4 Å². The van der Waals surface area contributed by atoms with Crippen molar-refractivity contribution in [2.24, 2.45) is 5.92 Å². The average molecular weight is 348 g/mol. The monoisotopic (exact) mass is 348 g/mol. The predicted molar refractivity (Wildman–Crippen MR) is 92.9 cm³/mol. The predicted octanol–water partition coefficient (Wildman–Crippen LogP) is 3.12. The molecule has 1 saturated heterocycles. The summed E-state index contributed by atoms with van der Waals surface area (Å²) in [7, 11) is 1.42. The van der Waals surface area contributed by atoms with Crippen molar-refractivity contribution in [3.05, 3.63) is 34.0 Å². The minimum atomic E-state index is -0.263. The summed E-state index contributed by atoms with van der Waals surface area (Å²) in [6.45, 7) is 7.23. The van der Waals surface area contributed by atoms with Crippen LogP contribution in [0.2, 0.25) is 0 Å². The molecule has 0 saturated carbocycles. The zero-order valence-corrected chi connectivity index (χ0v) is 15.3. The number of rotatable bonds is 6. The number of ether oxygens (including phenoxy) is 1. The minimum absolute atomic E-state index is 0.263. The number of nitrogens with zero attached hydrogens (tertiary/aromatic N) is 4. The second kappa shape index (κ2) is 7.44. The molecule has 3 rings (SSSR count). The van der Waals surface area contributed by atoms with Gasteiger partial charge in [0.15, 0.2) is 0 Å². The van der Waals surface area contributed by atoms with E-state index < -0.39 is 0 Å². The quantitative estimate of drug-likeness (QED) is 0.751. The molecule has 24 heavy (non-hydrogen) atoms. The Labute approximate surface area is 146 Å². The lowest BCUT2D eigenvalue weighted by Gasteiger charge is -2.24. The first-order valence-electron chi connectivity index (χ1n) is 8.37. The molecule has 1 aliphatic heterocycles. The van der Waals surface area contributed by atoms with Gasteiger partial charge in [0.1, 0.15) is 17.0 Å². The highest BCUT2D eigenvalue weighted by Crippen LogP contribution is 2.33. The lowest BCUT2D eigenvalue weighted by atomic mass is 10.2. The fraction of sp³-hybridized carbons (Fsp3) is 0.588. The number of esters is 1. The van der Waals surface area contributed by atoms with E-state index in [-0.39, 0.29) is 5.97 Å². The molecular formula is C17H24N4O2S. The van der Waals surface area contributed by atoms with Gasteiger partial charge in [-0.15, -0.1) is 21.5 Å². The Morgan fingerprint density at radius 3 is 3.04 bits per heavy atom. The van der Waals surface area contributed by atoms with E-state index in [1.54, 1.807) is 0 Å². The first-order valence-corrected chi connectivity index (χ1v) is 9.19. The van der Waals surface area contributed by atoms with E-state index in [9.17, 15) is 4.79 Å². The number of carbonyl (C=O) groups excluding carboxylic acids is 1. The third-order valence-electron chi connectivity index (χ3n) is 4.28. The number of methoxy groups -OCH3 is 1. The van der Waals surface area contributed by atoms with E-state index in [1.165, 1.54) is 23.3 Å². The zero-order chi connectivity index (χ0) is 17.1. The van der Waals surface area contributed by atoms with Crippen LogP contribution in [-0.4, -0.2) is 39.3 Å². The van der Waals surface area contributed by atoms with Crippen molar-refractivity contribution >= 4 is 17.3 Å². The van der Waals surface area contributed by atoms with Crippen LogP contribution in [0.5, 0.6) is 0 Å². The van der Waals surface area contributed by atoms with Crippen molar-refractivity contribution in [2.45, 2.75) is 45.8 Å². The maximum absolute atomic E-state index is 11.6. The summed E-state index contributed by atoms with van der Waals surface area (Å²) in [5.74, 6) is 1.36. The van der Waals surface area contributed by atoms with Gasteiger partial charge in [0.25, 0.3) is 0 Å². The molecule has 0 spiro atoms. The average Bonchev–Trinajstić information content (AvgIpc) is 3.27. The molecule has 6 nitrogen and oxygen atoms in total. The Morgan fingerprint density at radius 1 is 1.46 bits per heavy atom. The number of likely N-dealkylation sites (tertiary alicyclic amines) is 1. The van der Waals surface area contributed by atoms with Crippen LogP contribution in [0.3, 0.4) is 0 Å². The summed E-state index contributed by atoms with van der Waals surface area (Å²) in [5, 5.41) is 8.52. The highest BCUT2D eigenvalue weighted by Gasteiger charge is 2.30. The first kappa shape index (κ1) is 17.1. The summed E-state index contributed by atoms with van der Waals surface area (Å²) < 4.78 is 6.97. The second-order valence-corrected chi connectivity index (χ2v) is 7.79. The molecule has 0 bridgehead atoms. The molecule has 0 aliphatic carbocycles. The highest BCUT2D eigenvalue weighted by molar-refractivity contribution is 7.13. The van der Waals surface area contributed by atoms with Crippen molar-refractivity contribution in [3.63, 3.8) is 0 Å². The van der Waals surface area contributed by atoms with Gasteiger partial charge in [-0.2, -0.15) is 0 Å². The number of hydrogen-bond acceptors (Lipinski definition) is 6. The molecule has 7 heteroatoms. The van der Waals surface area contributed by atoms with Gasteiger partial charge in [0.2, 0.25) is 0 Å². The van der Waals surface area contributed by atoms with E-state index in [0.717, 1.165) is 38.3 Å². The standard InChI is InChI=1S/C17H24N4O2S/c1-12(2)9-21-11-18-19-16(21)14-5-4-8-20(14)10-13-6-7-15(24-13)17(22)23-3/h6-7,11-12,14H,4-5,8-10H2,1-3H3/t14-/m1/s1. The van der Waals surface area contributed by atoms with Crippen LogP contribution in [0.1, 0.15) is 53.1 Å². The molecule has 130 valence electrons. The van der Waals surface area contributed by atoms with Crippen molar-refractivity contribution in [3.8, 4) is 0 Å². The molecule has 0 N–H and O–H groups in total. The van der Waals surface area contributed by atoms with Crippen LogP contribution in [-0.2, 0) is 17.8 Å². The van der Waals surface area contributed by atoms with Crippen LogP contribution >= 0.6 is 11.3 Å². The number of aromatic nitrogens is 3. The van der Waals surface area contributed by atoms with Gasteiger partial charge < -0.3 is 9.30 Å². The van der Waals surface area contributed by atoms with Crippen LogP contribution in [0, 0.1) is 5.92 Å². The molecule has 0 unspecified atom stereocenters. The molecule has 0 aromatic carbocycles. The summed E-state index contributed by atoms with van der Waals surface area (Å²) in [4.78, 5) is 15.9. The lowest BCUT2D eigenvalue weighted by molar-refractivity contribution is 0.0606. The van der Waals surface area contributed by atoms with Crippen molar-refractivity contribution in [1.29, 1.82) is 0 Å². The molecule has 3 heterocycles.